The van der Waals surface area contributed by atoms with Gasteiger partial charge in [-0.05, 0) is 25.8 Å². The van der Waals surface area contributed by atoms with Crippen LogP contribution in [-0.4, -0.2) is 43.5 Å². The lowest BCUT2D eigenvalue weighted by molar-refractivity contribution is -0.0319. The summed E-state index contributed by atoms with van der Waals surface area (Å²) in [5, 5.41) is 0. The van der Waals surface area contributed by atoms with Crippen LogP contribution < -0.4 is 5.73 Å². The number of aromatic nitrogens is 1. The van der Waals surface area contributed by atoms with E-state index < -0.39 is 15.6 Å². The van der Waals surface area contributed by atoms with E-state index in [-0.39, 0.29) is 10.7 Å². The topological polar surface area (TPSA) is 85.5 Å². The summed E-state index contributed by atoms with van der Waals surface area (Å²) in [6.45, 7) is 2.78. The number of anilines is 1. The van der Waals surface area contributed by atoms with Crippen LogP contribution in [0.1, 0.15) is 19.8 Å². The van der Waals surface area contributed by atoms with Gasteiger partial charge in [0.1, 0.15) is 5.82 Å². The van der Waals surface area contributed by atoms with E-state index >= 15 is 0 Å². The Hall–Kier alpha value is -1.18. The first kappa shape index (κ1) is 14.2. The minimum atomic E-state index is -3.53. The van der Waals surface area contributed by atoms with Gasteiger partial charge in [0, 0.05) is 32.5 Å². The van der Waals surface area contributed by atoms with Crippen molar-refractivity contribution in [1.29, 1.82) is 0 Å². The third-order valence-electron chi connectivity index (χ3n) is 3.51. The molecule has 1 aromatic rings. The van der Waals surface area contributed by atoms with Crippen molar-refractivity contribution in [3.05, 3.63) is 18.3 Å². The molecule has 2 heterocycles. The highest BCUT2D eigenvalue weighted by Gasteiger charge is 2.37. The Bertz CT molecular complexity index is 561. The number of rotatable bonds is 3. The van der Waals surface area contributed by atoms with E-state index in [9.17, 15) is 8.42 Å². The first-order valence-electron chi connectivity index (χ1n) is 6.14. The van der Waals surface area contributed by atoms with Crippen molar-refractivity contribution in [3.8, 4) is 0 Å². The van der Waals surface area contributed by atoms with Crippen LogP contribution in [0.25, 0.3) is 0 Å². The second kappa shape index (κ2) is 5.07. The molecule has 1 unspecified atom stereocenters. The maximum Gasteiger partial charge on any atom is 0.243 e. The average molecular weight is 285 g/mol. The molecule has 0 spiro atoms. The second-order valence-electron chi connectivity index (χ2n) is 5.01. The minimum absolute atomic E-state index is 0.181. The molecule has 7 heteroatoms. The normalized spacial score (nSPS) is 25.4. The van der Waals surface area contributed by atoms with Crippen LogP contribution in [0.3, 0.4) is 0 Å². The molecule has 1 atom stereocenters. The number of sulfonamides is 1. The fraction of sp³-hybridized carbons (Fsp3) is 0.583. The number of pyridine rings is 1. The SMILES string of the molecule is COC1(C)CCCN(S(=O)(=O)c2ccnc(N)c2)C1. The van der Waals surface area contributed by atoms with Gasteiger partial charge < -0.3 is 10.5 Å². The lowest BCUT2D eigenvalue weighted by atomic mass is 9.96. The molecule has 19 heavy (non-hydrogen) atoms. The van der Waals surface area contributed by atoms with Gasteiger partial charge in [0.15, 0.2) is 0 Å². The Morgan fingerprint density at radius 3 is 2.89 bits per heavy atom. The van der Waals surface area contributed by atoms with Crippen molar-refractivity contribution >= 4 is 15.8 Å². The summed E-state index contributed by atoms with van der Waals surface area (Å²) >= 11 is 0. The van der Waals surface area contributed by atoms with Crippen LogP contribution in [-0.2, 0) is 14.8 Å². The molecule has 1 aliphatic heterocycles. The summed E-state index contributed by atoms with van der Waals surface area (Å²) in [5.74, 6) is 0.201. The van der Waals surface area contributed by atoms with Crippen LogP contribution >= 0.6 is 0 Å². The predicted octanol–water partition coefficient (Wildman–Crippen LogP) is 0.853. The Morgan fingerprint density at radius 2 is 2.26 bits per heavy atom. The van der Waals surface area contributed by atoms with Crippen LogP contribution in [0.5, 0.6) is 0 Å². The zero-order chi connectivity index (χ0) is 14.1. The number of hydrogen-bond donors (Lipinski definition) is 1. The van der Waals surface area contributed by atoms with Crippen molar-refractivity contribution in [2.75, 3.05) is 25.9 Å². The molecule has 2 rings (SSSR count). The summed E-state index contributed by atoms with van der Waals surface area (Å²) in [4.78, 5) is 3.99. The lowest BCUT2D eigenvalue weighted by Crippen LogP contribution is -2.49. The molecule has 0 saturated carbocycles. The molecule has 106 valence electrons. The van der Waals surface area contributed by atoms with Crippen LogP contribution in [0, 0.1) is 0 Å². The molecule has 0 bridgehead atoms. The van der Waals surface area contributed by atoms with Crippen LogP contribution in [0.4, 0.5) is 5.82 Å². The molecule has 6 nitrogen and oxygen atoms in total. The fourth-order valence-corrected chi connectivity index (χ4v) is 3.88. The number of piperidine rings is 1. The fourth-order valence-electron chi connectivity index (χ4n) is 2.27. The van der Waals surface area contributed by atoms with Gasteiger partial charge in [0.05, 0.1) is 10.5 Å². The van der Waals surface area contributed by atoms with E-state index in [1.54, 1.807) is 7.11 Å². The largest absolute Gasteiger partial charge is 0.384 e. The Morgan fingerprint density at radius 1 is 1.53 bits per heavy atom. The molecule has 0 amide bonds. The van der Waals surface area contributed by atoms with Crippen molar-refractivity contribution in [2.24, 2.45) is 0 Å². The molecular weight excluding hydrogens is 266 g/mol. The molecule has 0 radical (unpaired) electrons. The quantitative estimate of drug-likeness (QED) is 0.890. The van der Waals surface area contributed by atoms with Gasteiger partial charge in [0.2, 0.25) is 10.0 Å². The number of nitrogens with two attached hydrogens (primary N) is 1. The molecule has 0 aromatic carbocycles. The number of nitrogens with zero attached hydrogens (tertiary/aromatic N) is 2. The molecule has 1 aliphatic rings. The Balaban J connectivity index is 2.30. The summed E-state index contributed by atoms with van der Waals surface area (Å²) in [6.07, 6.45) is 3.04. The first-order valence-corrected chi connectivity index (χ1v) is 7.58. The van der Waals surface area contributed by atoms with Gasteiger partial charge in [-0.25, -0.2) is 13.4 Å². The highest BCUT2D eigenvalue weighted by atomic mass is 32.2. The number of nitrogen functional groups attached to an aromatic ring is 1. The van der Waals surface area contributed by atoms with Crippen molar-refractivity contribution in [1.82, 2.24) is 9.29 Å². The second-order valence-corrected chi connectivity index (χ2v) is 6.95. The van der Waals surface area contributed by atoms with E-state index in [0.717, 1.165) is 12.8 Å². The lowest BCUT2D eigenvalue weighted by Gasteiger charge is -2.38. The van der Waals surface area contributed by atoms with Gasteiger partial charge in [0.25, 0.3) is 0 Å². The number of ether oxygens (including phenoxy) is 1. The highest BCUT2D eigenvalue weighted by molar-refractivity contribution is 7.89. The van der Waals surface area contributed by atoms with E-state index in [1.807, 2.05) is 6.92 Å². The van der Waals surface area contributed by atoms with Crippen molar-refractivity contribution in [3.63, 3.8) is 0 Å². The van der Waals surface area contributed by atoms with Gasteiger partial charge in [-0.3, -0.25) is 0 Å². The van der Waals surface area contributed by atoms with E-state index in [2.05, 4.69) is 4.98 Å². The smallest absolute Gasteiger partial charge is 0.243 e. The molecule has 1 aromatic heterocycles. The summed E-state index contributed by atoms with van der Waals surface area (Å²) in [5.41, 5.74) is 5.12. The molecule has 1 saturated heterocycles. The van der Waals surface area contributed by atoms with Gasteiger partial charge in [-0.15, -0.1) is 0 Å². The standard InChI is InChI=1S/C12H19N3O3S/c1-12(18-2)5-3-7-15(9-12)19(16,17)10-4-6-14-11(13)8-10/h4,6,8H,3,5,7,9H2,1-2H3,(H2,13,14). The summed E-state index contributed by atoms with van der Waals surface area (Å²) < 4.78 is 31.9. The van der Waals surface area contributed by atoms with E-state index in [4.69, 9.17) is 10.5 Å². The van der Waals surface area contributed by atoms with Gasteiger partial charge in [-0.1, -0.05) is 0 Å². The van der Waals surface area contributed by atoms with Crippen LogP contribution in [0.15, 0.2) is 23.2 Å². The molecular formula is C12H19N3O3S. The Labute approximate surface area is 113 Å². The first-order chi connectivity index (χ1) is 8.87. The zero-order valence-corrected chi connectivity index (χ0v) is 12.0. The maximum atomic E-state index is 12.5. The van der Waals surface area contributed by atoms with Crippen molar-refractivity contribution < 1.29 is 13.2 Å². The van der Waals surface area contributed by atoms with Crippen molar-refractivity contribution in [2.45, 2.75) is 30.3 Å². The summed E-state index contributed by atoms with van der Waals surface area (Å²) in [7, 11) is -1.92. The van der Waals surface area contributed by atoms with Gasteiger partial charge in [-0.2, -0.15) is 4.31 Å². The maximum absolute atomic E-state index is 12.5. The molecule has 0 aliphatic carbocycles. The predicted molar refractivity (Wildman–Crippen MR) is 72.1 cm³/mol. The third-order valence-corrected chi connectivity index (χ3v) is 5.35. The third kappa shape index (κ3) is 2.88. The van der Waals surface area contributed by atoms with Gasteiger partial charge >= 0.3 is 0 Å². The molecule has 1 fully saturated rings. The summed E-state index contributed by atoms with van der Waals surface area (Å²) in [6, 6.07) is 2.85. The number of hydrogen-bond acceptors (Lipinski definition) is 5. The monoisotopic (exact) mass is 285 g/mol. The van der Waals surface area contributed by atoms with Crippen LogP contribution in [0.2, 0.25) is 0 Å². The number of methoxy groups -OCH3 is 1. The highest BCUT2D eigenvalue weighted by Crippen LogP contribution is 2.28. The minimum Gasteiger partial charge on any atom is -0.384 e. The average Bonchev–Trinajstić information content (AvgIpc) is 2.39. The zero-order valence-electron chi connectivity index (χ0n) is 11.2. The Kier molecular flexibility index (Phi) is 3.80. The van der Waals surface area contributed by atoms with E-state index in [0.29, 0.717) is 13.1 Å². The molecule has 2 N–H and O–H groups in total. The van der Waals surface area contributed by atoms with E-state index in [1.165, 1.54) is 22.6 Å².